The van der Waals surface area contributed by atoms with Crippen LogP contribution in [0.5, 0.6) is 5.75 Å². The van der Waals surface area contributed by atoms with Gasteiger partial charge in [-0.05, 0) is 36.4 Å². The smallest absolute Gasteiger partial charge is 0.340 e. The van der Waals surface area contributed by atoms with Crippen molar-refractivity contribution in [3.63, 3.8) is 0 Å². The molecule has 1 N–H and O–H groups in total. The molecule has 0 fully saturated rings. The molecule has 2 aromatic heterocycles. The summed E-state index contributed by atoms with van der Waals surface area (Å²) in [5.74, 6) is 0.963. The lowest BCUT2D eigenvalue weighted by atomic mass is 10.1. The van der Waals surface area contributed by atoms with Crippen molar-refractivity contribution in [2.45, 2.75) is 6.61 Å². The summed E-state index contributed by atoms with van der Waals surface area (Å²) in [4.78, 5) is 25.6. The average Bonchev–Trinajstić information content (AvgIpc) is 3.30. The molecule has 3 aromatic carbocycles. The van der Waals surface area contributed by atoms with E-state index in [9.17, 15) is 9.59 Å². The van der Waals surface area contributed by atoms with E-state index in [0.717, 1.165) is 5.69 Å². The minimum absolute atomic E-state index is 0.115. The maximum Gasteiger partial charge on any atom is 0.340 e. The van der Waals surface area contributed by atoms with Crippen LogP contribution in [0.2, 0.25) is 0 Å². The first-order valence-electron chi connectivity index (χ1n) is 10.6. The lowest BCUT2D eigenvalue weighted by Crippen LogP contribution is -2.20. The summed E-state index contributed by atoms with van der Waals surface area (Å²) < 4.78 is 14.0. The molecule has 2 heterocycles. The van der Waals surface area contributed by atoms with Gasteiger partial charge in [-0.15, -0.1) is 10.2 Å². The third-order valence-electron chi connectivity index (χ3n) is 5.52. The van der Waals surface area contributed by atoms with Crippen LogP contribution >= 0.6 is 0 Å². The van der Waals surface area contributed by atoms with Gasteiger partial charge in [-0.2, -0.15) is 0 Å². The average molecular weight is 455 g/mol. The van der Waals surface area contributed by atoms with Crippen LogP contribution in [0.4, 0.5) is 11.4 Å². The molecule has 0 atom stereocenters. The molecule has 0 saturated carbocycles. The van der Waals surface area contributed by atoms with Gasteiger partial charge in [0, 0.05) is 18.8 Å². The van der Waals surface area contributed by atoms with Crippen molar-refractivity contribution >= 4 is 34.0 Å². The SMILES string of the molecule is COc1cccc(Nc2ccccc2C(=O)OCc2nnc3n(C)c(=O)c4ccccc4n23)c1. The van der Waals surface area contributed by atoms with E-state index in [1.807, 2.05) is 42.5 Å². The lowest BCUT2D eigenvalue weighted by molar-refractivity contribution is 0.0462. The van der Waals surface area contributed by atoms with Crippen molar-refractivity contribution in [3.05, 3.63) is 94.5 Å². The van der Waals surface area contributed by atoms with E-state index in [1.165, 1.54) is 4.57 Å². The number of carbonyl (C=O) groups excluding carboxylic acids is 1. The molecule has 0 aliphatic heterocycles. The summed E-state index contributed by atoms with van der Waals surface area (Å²) in [6, 6.07) is 21.7. The molecule has 0 bridgehead atoms. The molecule has 5 aromatic rings. The largest absolute Gasteiger partial charge is 0.497 e. The van der Waals surface area contributed by atoms with Crippen LogP contribution in [-0.4, -0.2) is 32.2 Å². The van der Waals surface area contributed by atoms with Gasteiger partial charge in [0.1, 0.15) is 5.75 Å². The number of benzene rings is 3. The van der Waals surface area contributed by atoms with E-state index in [-0.39, 0.29) is 12.2 Å². The molecule has 9 nitrogen and oxygen atoms in total. The number of methoxy groups -OCH3 is 1. The number of hydrogen-bond donors (Lipinski definition) is 1. The second-order valence-electron chi connectivity index (χ2n) is 7.61. The molecular weight excluding hydrogens is 434 g/mol. The number of nitrogens with one attached hydrogen (secondary N) is 1. The van der Waals surface area contributed by atoms with Gasteiger partial charge in [0.25, 0.3) is 5.56 Å². The van der Waals surface area contributed by atoms with Crippen molar-refractivity contribution in [3.8, 4) is 5.75 Å². The molecule has 34 heavy (non-hydrogen) atoms. The summed E-state index contributed by atoms with van der Waals surface area (Å²) in [5, 5.41) is 12.1. The van der Waals surface area contributed by atoms with E-state index in [4.69, 9.17) is 9.47 Å². The number of nitrogens with zero attached hydrogens (tertiary/aromatic N) is 4. The van der Waals surface area contributed by atoms with Crippen LogP contribution in [0.3, 0.4) is 0 Å². The highest BCUT2D eigenvalue weighted by Crippen LogP contribution is 2.25. The van der Waals surface area contributed by atoms with E-state index in [2.05, 4.69) is 15.5 Å². The van der Waals surface area contributed by atoms with Crippen LogP contribution in [0.25, 0.3) is 16.7 Å². The fourth-order valence-corrected chi connectivity index (χ4v) is 3.82. The molecule has 0 radical (unpaired) electrons. The standard InChI is InChI=1S/C25H21N5O4/c1-29-23(31)19-11-4-6-13-21(19)30-22(27-28-25(29)30)15-34-24(32)18-10-3-5-12-20(18)26-16-8-7-9-17(14-16)33-2/h3-14,26H,15H2,1-2H3. The zero-order chi connectivity index (χ0) is 23.7. The third-order valence-corrected chi connectivity index (χ3v) is 5.52. The Hall–Kier alpha value is -4.66. The van der Waals surface area contributed by atoms with Crippen LogP contribution < -0.4 is 15.6 Å². The van der Waals surface area contributed by atoms with Gasteiger partial charge in [-0.1, -0.05) is 30.3 Å². The number of aryl methyl sites for hydroxylation is 1. The van der Waals surface area contributed by atoms with Crippen LogP contribution in [0.1, 0.15) is 16.2 Å². The Bertz CT molecular complexity index is 1590. The number of para-hydroxylation sites is 2. The second-order valence-corrected chi connectivity index (χ2v) is 7.61. The highest BCUT2D eigenvalue weighted by molar-refractivity contribution is 5.96. The van der Waals surface area contributed by atoms with Crippen molar-refractivity contribution in [1.82, 2.24) is 19.2 Å². The van der Waals surface area contributed by atoms with Crippen molar-refractivity contribution in [2.75, 3.05) is 12.4 Å². The Morgan fingerprint density at radius 2 is 1.79 bits per heavy atom. The first-order valence-corrected chi connectivity index (χ1v) is 10.6. The first kappa shape index (κ1) is 21.2. The maximum atomic E-state index is 13.0. The third kappa shape index (κ3) is 3.73. The van der Waals surface area contributed by atoms with Crippen LogP contribution in [-0.2, 0) is 18.4 Å². The Labute approximate surface area is 194 Å². The molecule has 0 unspecified atom stereocenters. The van der Waals surface area contributed by atoms with Crippen molar-refractivity contribution in [2.24, 2.45) is 7.05 Å². The minimum atomic E-state index is -0.517. The summed E-state index contributed by atoms with van der Waals surface area (Å²) in [6.45, 7) is -0.115. The summed E-state index contributed by atoms with van der Waals surface area (Å²) in [6.07, 6.45) is 0. The first-order chi connectivity index (χ1) is 16.6. The summed E-state index contributed by atoms with van der Waals surface area (Å²) >= 11 is 0. The Balaban J connectivity index is 1.43. The summed E-state index contributed by atoms with van der Waals surface area (Å²) in [7, 11) is 3.23. The molecule has 9 heteroatoms. The molecular formula is C25H21N5O4. The molecule has 0 amide bonds. The number of hydrogen-bond acceptors (Lipinski definition) is 7. The number of aromatic nitrogens is 4. The molecule has 5 rings (SSSR count). The summed E-state index contributed by atoms with van der Waals surface area (Å²) in [5.41, 5.74) is 2.22. The second kappa shape index (κ2) is 8.70. The zero-order valence-electron chi connectivity index (χ0n) is 18.6. The molecule has 0 aliphatic carbocycles. The Morgan fingerprint density at radius 1 is 1.00 bits per heavy atom. The topological polar surface area (TPSA) is 99.8 Å². The number of rotatable bonds is 6. The Morgan fingerprint density at radius 3 is 2.65 bits per heavy atom. The number of fused-ring (bicyclic) bond motifs is 3. The number of carbonyl (C=O) groups is 1. The fourth-order valence-electron chi connectivity index (χ4n) is 3.82. The van der Waals surface area contributed by atoms with Crippen LogP contribution in [0, 0.1) is 0 Å². The van der Waals surface area contributed by atoms with Crippen LogP contribution in [0.15, 0.2) is 77.6 Å². The van der Waals surface area contributed by atoms with Gasteiger partial charge in [0.05, 0.1) is 29.3 Å². The quantitative estimate of drug-likeness (QED) is 0.390. The highest BCUT2D eigenvalue weighted by Gasteiger charge is 2.18. The molecule has 170 valence electrons. The maximum absolute atomic E-state index is 13.0. The molecule has 0 saturated heterocycles. The van der Waals surface area contributed by atoms with Crippen molar-refractivity contribution in [1.29, 1.82) is 0 Å². The van der Waals surface area contributed by atoms with Gasteiger partial charge in [0.2, 0.25) is 5.78 Å². The lowest BCUT2D eigenvalue weighted by Gasteiger charge is -2.12. The minimum Gasteiger partial charge on any atom is -0.497 e. The number of anilines is 2. The van der Waals surface area contributed by atoms with E-state index < -0.39 is 5.97 Å². The van der Waals surface area contributed by atoms with Gasteiger partial charge in [0.15, 0.2) is 12.4 Å². The predicted octanol–water partition coefficient (Wildman–Crippen LogP) is 3.69. The number of ether oxygens (including phenoxy) is 2. The van der Waals surface area contributed by atoms with Gasteiger partial charge in [-0.3, -0.25) is 13.8 Å². The van der Waals surface area contributed by atoms with E-state index in [1.54, 1.807) is 48.9 Å². The zero-order valence-corrected chi connectivity index (χ0v) is 18.6. The fraction of sp³-hybridized carbons (Fsp3) is 0.120. The van der Waals surface area contributed by atoms with Gasteiger partial charge in [-0.25, -0.2) is 4.79 Å². The van der Waals surface area contributed by atoms with E-state index in [0.29, 0.717) is 39.5 Å². The molecule has 0 aliphatic rings. The monoisotopic (exact) mass is 455 g/mol. The highest BCUT2D eigenvalue weighted by atomic mass is 16.5. The Kier molecular flexibility index (Phi) is 5.43. The predicted molar refractivity (Wildman–Crippen MR) is 128 cm³/mol. The normalized spacial score (nSPS) is 11.0. The van der Waals surface area contributed by atoms with Gasteiger partial charge < -0.3 is 14.8 Å². The molecule has 0 spiro atoms. The van der Waals surface area contributed by atoms with Crippen molar-refractivity contribution < 1.29 is 14.3 Å². The number of esters is 1. The van der Waals surface area contributed by atoms with Gasteiger partial charge >= 0.3 is 5.97 Å². The van der Waals surface area contributed by atoms with E-state index >= 15 is 0 Å².